The minimum Gasteiger partial charge on any atom is -0.380 e. The van der Waals surface area contributed by atoms with E-state index in [9.17, 15) is 26.0 Å². The van der Waals surface area contributed by atoms with Gasteiger partial charge in [0.1, 0.15) is 5.82 Å². The summed E-state index contributed by atoms with van der Waals surface area (Å²) in [6, 6.07) is 8.55. The van der Waals surface area contributed by atoms with Crippen molar-refractivity contribution in [1.29, 1.82) is 0 Å². The second-order valence-corrected chi connectivity index (χ2v) is 8.68. The average molecular weight is 417 g/mol. The number of halogens is 4. The van der Waals surface area contributed by atoms with E-state index < -0.39 is 33.0 Å². The van der Waals surface area contributed by atoms with E-state index >= 15 is 0 Å². The number of benzene rings is 2. The Bertz CT molecular complexity index is 969. The van der Waals surface area contributed by atoms with Crippen LogP contribution in [0.1, 0.15) is 29.5 Å². The molecule has 1 aliphatic carbocycles. The number of sulfonamides is 1. The van der Waals surface area contributed by atoms with Crippen LogP contribution < -0.4 is 4.72 Å². The van der Waals surface area contributed by atoms with Crippen LogP contribution in [0.15, 0.2) is 47.4 Å². The molecule has 0 spiro atoms. The van der Waals surface area contributed by atoms with E-state index in [0.29, 0.717) is 24.5 Å². The molecule has 0 saturated heterocycles. The van der Waals surface area contributed by atoms with Crippen LogP contribution in [0.3, 0.4) is 0 Å². The van der Waals surface area contributed by atoms with Crippen molar-refractivity contribution in [3.8, 4) is 0 Å². The van der Waals surface area contributed by atoms with Gasteiger partial charge in [0.15, 0.2) is 0 Å². The Balaban J connectivity index is 1.81. The van der Waals surface area contributed by atoms with Crippen LogP contribution in [0.25, 0.3) is 0 Å². The third kappa shape index (κ3) is 4.53. The average Bonchev–Trinajstić information content (AvgIpc) is 3.41. The summed E-state index contributed by atoms with van der Waals surface area (Å²) in [6.45, 7) is 0.140. The lowest BCUT2D eigenvalue weighted by Gasteiger charge is -2.19. The van der Waals surface area contributed by atoms with Gasteiger partial charge in [-0.05, 0) is 54.3 Å². The van der Waals surface area contributed by atoms with Crippen LogP contribution in [0.5, 0.6) is 0 Å². The first-order chi connectivity index (χ1) is 13.1. The van der Waals surface area contributed by atoms with Crippen LogP contribution in [0.4, 0.5) is 17.6 Å². The van der Waals surface area contributed by atoms with Gasteiger partial charge in [0.2, 0.25) is 10.0 Å². The number of rotatable bonds is 7. The molecule has 3 rings (SSSR count). The first-order valence-electron chi connectivity index (χ1n) is 8.52. The van der Waals surface area contributed by atoms with Gasteiger partial charge in [0.05, 0.1) is 17.1 Å². The second kappa shape index (κ2) is 7.46. The second-order valence-electron chi connectivity index (χ2n) is 6.91. The maximum absolute atomic E-state index is 13.7. The number of ether oxygens (including phenoxy) is 1. The monoisotopic (exact) mass is 417 g/mol. The predicted molar refractivity (Wildman–Crippen MR) is 94.7 cm³/mol. The molecule has 152 valence electrons. The minimum atomic E-state index is -4.67. The number of nitrogens with one attached hydrogen (secondary N) is 1. The van der Waals surface area contributed by atoms with Crippen molar-refractivity contribution in [2.75, 3.05) is 13.7 Å². The summed E-state index contributed by atoms with van der Waals surface area (Å²) >= 11 is 0. The lowest BCUT2D eigenvalue weighted by atomic mass is 9.94. The summed E-state index contributed by atoms with van der Waals surface area (Å²) in [5.74, 6) is -0.994. The van der Waals surface area contributed by atoms with Gasteiger partial charge in [-0.2, -0.15) is 13.2 Å². The molecule has 2 aromatic rings. The van der Waals surface area contributed by atoms with Gasteiger partial charge in [-0.1, -0.05) is 12.1 Å². The summed E-state index contributed by atoms with van der Waals surface area (Å²) in [4.78, 5) is 0.0353. The third-order valence-corrected chi connectivity index (χ3v) is 6.21. The smallest absolute Gasteiger partial charge is 0.380 e. The molecular formula is C19H19F4NO3S. The zero-order valence-electron chi connectivity index (χ0n) is 15.0. The standard InChI is InChI=1S/C19H19F4NO3S/c1-27-11-13-3-2-4-17(7-13)28(25,26)24-12-18(5-6-18)14-8-15(19(21,22)23)10-16(20)9-14/h2-4,7-10,24H,5-6,11-12H2,1H3. The molecule has 1 aliphatic rings. The Morgan fingerprint density at radius 2 is 1.86 bits per heavy atom. The van der Waals surface area contributed by atoms with E-state index in [1.807, 2.05) is 0 Å². The molecule has 2 aromatic carbocycles. The first kappa shape index (κ1) is 20.8. The SMILES string of the molecule is COCc1cccc(S(=O)(=O)NCC2(c3cc(F)cc(C(F)(F)F)c3)CC2)c1. The molecule has 0 bridgehead atoms. The van der Waals surface area contributed by atoms with Crippen molar-refractivity contribution < 1.29 is 30.7 Å². The zero-order chi connectivity index (χ0) is 20.6. The van der Waals surface area contributed by atoms with Crippen LogP contribution >= 0.6 is 0 Å². The predicted octanol–water partition coefficient (Wildman–Crippen LogP) is 4.00. The molecular weight excluding hydrogens is 398 g/mol. The number of methoxy groups -OCH3 is 1. The highest BCUT2D eigenvalue weighted by Gasteiger charge is 2.46. The topological polar surface area (TPSA) is 55.4 Å². The molecule has 1 N–H and O–H groups in total. The van der Waals surface area contributed by atoms with Crippen molar-refractivity contribution in [1.82, 2.24) is 4.72 Å². The van der Waals surface area contributed by atoms with Crippen molar-refractivity contribution in [3.05, 3.63) is 65.0 Å². The molecule has 28 heavy (non-hydrogen) atoms. The Morgan fingerprint density at radius 3 is 2.46 bits per heavy atom. The summed E-state index contributed by atoms with van der Waals surface area (Å²) in [5, 5.41) is 0. The van der Waals surface area contributed by atoms with Crippen LogP contribution in [-0.2, 0) is 33.0 Å². The fraction of sp³-hybridized carbons (Fsp3) is 0.368. The van der Waals surface area contributed by atoms with Crippen molar-refractivity contribution >= 4 is 10.0 Å². The molecule has 0 aliphatic heterocycles. The highest BCUT2D eigenvalue weighted by molar-refractivity contribution is 7.89. The maximum atomic E-state index is 13.7. The van der Waals surface area contributed by atoms with E-state index in [1.165, 1.54) is 19.2 Å². The highest BCUT2D eigenvalue weighted by Crippen LogP contribution is 2.49. The van der Waals surface area contributed by atoms with Crippen molar-refractivity contribution in [2.24, 2.45) is 0 Å². The molecule has 1 saturated carbocycles. The van der Waals surface area contributed by atoms with Gasteiger partial charge >= 0.3 is 6.18 Å². The number of hydrogen-bond acceptors (Lipinski definition) is 3. The van der Waals surface area contributed by atoms with Gasteiger partial charge < -0.3 is 4.74 Å². The van der Waals surface area contributed by atoms with Crippen LogP contribution in [0, 0.1) is 5.82 Å². The lowest BCUT2D eigenvalue weighted by Crippen LogP contribution is -2.32. The van der Waals surface area contributed by atoms with Gasteiger partial charge in [-0.25, -0.2) is 17.5 Å². The van der Waals surface area contributed by atoms with Gasteiger partial charge in [0.25, 0.3) is 0 Å². The molecule has 0 radical (unpaired) electrons. The largest absolute Gasteiger partial charge is 0.416 e. The van der Waals surface area contributed by atoms with Gasteiger partial charge in [-0.15, -0.1) is 0 Å². The normalized spacial score (nSPS) is 16.2. The third-order valence-electron chi connectivity index (χ3n) is 4.81. The molecule has 0 unspecified atom stereocenters. The molecule has 0 aromatic heterocycles. The zero-order valence-corrected chi connectivity index (χ0v) is 15.8. The quantitative estimate of drug-likeness (QED) is 0.693. The Morgan fingerprint density at radius 1 is 1.14 bits per heavy atom. The molecule has 0 amide bonds. The molecule has 0 atom stereocenters. The summed E-state index contributed by atoms with van der Waals surface area (Å²) in [7, 11) is -2.38. The van der Waals surface area contributed by atoms with E-state index in [2.05, 4.69) is 4.72 Å². The Labute approximate surface area is 160 Å². The number of alkyl halides is 3. The molecule has 4 nitrogen and oxygen atoms in total. The Hall–Kier alpha value is -1.97. The van der Waals surface area contributed by atoms with Crippen molar-refractivity contribution in [3.63, 3.8) is 0 Å². The highest BCUT2D eigenvalue weighted by atomic mass is 32.2. The van der Waals surface area contributed by atoms with E-state index in [0.717, 1.165) is 12.1 Å². The van der Waals surface area contributed by atoms with E-state index in [-0.39, 0.29) is 23.6 Å². The van der Waals surface area contributed by atoms with Crippen LogP contribution in [0.2, 0.25) is 0 Å². The minimum absolute atomic E-state index is 0.0353. The molecule has 0 heterocycles. The van der Waals surface area contributed by atoms with Gasteiger partial charge in [0, 0.05) is 19.1 Å². The molecule has 1 fully saturated rings. The fourth-order valence-corrected chi connectivity index (χ4v) is 4.26. The maximum Gasteiger partial charge on any atom is 0.416 e. The first-order valence-corrected chi connectivity index (χ1v) is 10.00. The van der Waals surface area contributed by atoms with E-state index in [1.54, 1.807) is 12.1 Å². The van der Waals surface area contributed by atoms with Crippen LogP contribution in [-0.4, -0.2) is 22.1 Å². The lowest BCUT2D eigenvalue weighted by molar-refractivity contribution is -0.137. The van der Waals surface area contributed by atoms with E-state index in [4.69, 9.17) is 4.74 Å². The fourth-order valence-electron chi connectivity index (χ4n) is 3.06. The molecule has 9 heteroatoms. The van der Waals surface area contributed by atoms with Gasteiger partial charge in [-0.3, -0.25) is 0 Å². The summed E-state index contributed by atoms with van der Waals surface area (Å²) in [6.07, 6.45) is -3.73. The summed E-state index contributed by atoms with van der Waals surface area (Å²) < 4.78 is 85.2. The Kier molecular flexibility index (Phi) is 5.53. The number of hydrogen-bond donors (Lipinski definition) is 1. The summed E-state index contributed by atoms with van der Waals surface area (Å²) in [5.41, 5.74) is -1.09. The van der Waals surface area contributed by atoms with Crippen molar-refractivity contribution in [2.45, 2.75) is 35.9 Å².